The lowest BCUT2D eigenvalue weighted by Gasteiger charge is -2.22. The SMILES string of the molecule is COC(=O)CN(Cc1ccccc1)C(=O)c1ccc(S(=O)(=O)C(C)C)cc1. The van der Waals surface area contributed by atoms with Crippen molar-refractivity contribution >= 4 is 21.7 Å². The molecule has 2 aromatic carbocycles. The molecule has 0 aliphatic rings. The monoisotopic (exact) mass is 389 g/mol. The zero-order chi connectivity index (χ0) is 20.0. The van der Waals surface area contributed by atoms with E-state index >= 15 is 0 Å². The largest absolute Gasteiger partial charge is 0.468 e. The first kappa shape index (κ1) is 20.6. The van der Waals surface area contributed by atoms with E-state index in [2.05, 4.69) is 4.74 Å². The summed E-state index contributed by atoms with van der Waals surface area (Å²) in [6.45, 7) is 3.25. The van der Waals surface area contributed by atoms with Crippen LogP contribution in [0.2, 0.25) is 0 Å². The minimum Gasteiger partial charge on any atom is -0.468 e. The summed E-state index contributed by atoms with van der Waals surface area (Å²) < 4.78 is 29.1. The van der Waals surface area contributed by atoms with Gasteiger partial charge in [-0.15, -0.1) is 0 Å². The molecule has 2 rings (SSSR count). The second-order valence-corrected chi connectivity index (χ2v) is 8.85. The predicted octanol–water partition coefficient (Wildman–Crippen LogP) is 2.68. The van der Waals surface area contributed by atoms with Crippen LogP contribution in [0, 0.1) is 0 Å². The Morgan fingerprint density at radius 2 is 1.59 bits per heavy atom. The van der Waals surface area contributed by atoms with E-state index in [1.807, 2.05) is 30.3 Å². The Morgan fingerprint density at radius 1 is 1.00 bits per heavy atom. The van der Waals surface area contributed by atoms with Crippen LogP contribution in [0.4, 0.5) is 0 Å². The van der Waals surface area contributed by atoms with Crippen LogP contribution in [0.25, 0.3) is 0 Å². The molecule has 7 heteroatoms. The molecule has 0 spiro atoms. The Kier molecular flexibility index (Phi) is 6.74. The first-order valence-electron chi connectivity index (χ1n) is 8.49. The van der Waals surface area contributed by atoms with Gasteiger partial charge in [0.25, 0.3) is 5.91 Å². The average Bonchev–Trinajstić information content (AvgIpc) is 2.67. The lowest BCUT2D eigenvalue weighted by molar-refractivity contribution is -0.141. The third-order valence-corrected chi connectivity index (χ3v) is 6.27. The topological polar surface area (TPSA) is 80.8 Å². The number of amides is 1. The Bertz CT molecular complexity index is 890. The van der Waals surface area contributed by atoms with Crippen molar-refractivity contribution in [3.8, 4) is 0 Å². The van der Waals surface area contributed by atoms with E-state index in [0.29, 0.717) is 5.56 Å². The number of esters is 1. The molecule has 0 aliphatic heterocycles. The first-order valence-corrected chi connectivity index (χ1v) is 10.0. The van der Waals surface area contributed by atoms with Gasteiger partial charge in [0, 0.05) is 12.1 Å². The van der Waals surface area contributed by atoms with Crippen LogP contribution in [0.15, 0.2) is 59.5 Å². The van der Waals surface area contributed by atoms with Gasteiger partial charge in [0.1, 0.15) is 6.54 Å². The third kappa shape index (κ3) is 5.17. The Hall–Kier alpha value is -2.67. The van der Waals surface area contributed by atoms with E-state index in [9.17, 15) is 18.0 Å². The molecule has 144 valence electrons. The molecule has 0 fully saturated rings. The number of methoxy groups -OCH3 is 1. The molecule has 0 saturated heterocycles. The fourth-order valence-electron chi connectivity index (χ4n) is 2.47. The molecule has 0 radical (unpaired) electrons. The summed E-state index contributed by atoms with van der Waals surface area (Å²) >= 11 is 0. The molecule has 0 bridgehead atoms. The highest BCUT2D eigenvalue weighted by atomic mass is 32.2. The van der Waals surface area contributed by atoms with Gasteiger partial charge in [-0.05, 0) is 43.7 Å². The summed E-state index contributed by atoms with van der Waals surface area (Å²) in [6.07, 6.45) is 0. The fraction of sp³-hybridized carbons (Fsp3) is 0.300. The van der Waals surface area contributed by atoms with Gasteiger partial charge in [-0.1, -0.05) is 30.3 Å². The summed E-state index contributed by atoms with van der Waals surface area (Å²) in [5.41, 5.74) is 1.17. The molecular weight excluding hydrogens is 366 g/mol. The van der Waals surface area contributed by atoms with Crippen LogP contribution in [0.3, 0.4) is 0 Å². The molecule has 0 unspecified atom stereocenters. The zero-order valence-corrected chi connectivity index (χ0v) is 16.4. The number of benzene rings is 2. The molecular formula is C20H23NO5S. The van der Waals surface area contributed by atoms with Crippen molar-refractivity contribution in [2.75, 3.05) is 13.7 Å². The third-order valence-electron chi connectivity index (χ3n) is 4.10. The van der Waals surface area contributed by atoms with Gasteiger partial charge in [0.15, 0.2) is 9.84 Å². The molecule has 6 nitrogen and oxygen atoms in total. The second-order valence-electron chi connectivity index (χ2n) is 6.34. The van der Waals surface area contributed by atoms with E-state index < -0.39 is 21.1 Å². The number of rotatable bonds is 7. The molecule has 0 saturated carbocycles. The number of sulfone groups is 1. The summed E-state index contributed by atoms with van der Waals surface area (Å²) in [7, 11) is -2.15. The number of hydrogen-bond acceptors (Lipinski definition) is 5. The smallest absolute Gasteiger partial charge is 0.325 e. The Morgan fingerprint density at radius 3 is 2.11 bits per heavy atom. The Labute approximate surface area is 159 Å². The lowest BCUT2D eigenvalue weighted by Crippen LogP contribution is -2.35. The van der Waals surface area contributed by atoms with Gasteiger partial charge in [-0.3, -0.25) is 9.59 Å². The maximum absolute atomic E-state index is 12.9. The van der Waals surface area contributed by atoms with Gasteiger partial charge in [-0.2, -0.15) is 0 Å². The normalized spacial score (nSPS) is 11.3. The van der Waals surface area contributed by atoms with E-state index in [4.69, 9.17) is 0 Å². The van der Waals surface area contributed by atoms with Crippen LogP contribution in [-0.4, -0.2) is 44.1 Å². The van der Waals surface area contributed by atoms with E-state index in [-0.39, 0.29) is 23.9 Å². The van der Waals surface area contributed by atoms with Gasteiger partial charge < -0.3 is 9.64 Å². The quantitative estimate of drug-likeness (QED) is 0.680. The lowest BCUT2D eigenvalue weighted by atomic mass is 10.1. The standard InChI is InChI=1S/C20H23NO5S/c1-15(2)27(24,25)18-11-9-17(10-12-18)20(23)21(14-19(22)26-3)13-16-7-5-4-6-8-16/h4-12,15H,13-14H2,1-3H3. The van der Waals surface area contributed by atoms with Crippen LogP contribution in [-0.2, 0) is 25.9 Å². The van der Waals surface area contributed by atoms with Crippen LogP contribution < -0.4 is 0 Å². The molecule has 0 aromatic heterocycles. The molecule has 0 aliphatic carbocycles. The molecule has 0 heterocycles. The number of carbonyl (C=O) groups excluding carboxylic acids is 2. The molecule has 0 atom stereocenters. The van der Waals surface area contributed by atoms with Crippen molar-refractivity contribution in [1.29, 1.82) is 0 Å². The summed E-state index contributed by atoms with van der Waals surface area (Å²) in [4.78, 5) is 26.1. The maximum Gasteiger partial charge on any atom is 0.325 e. The summed E-state index contributed by atoms with van der Waals surface area (Å²) in [5, 5.41) is -0.548. The van der Waals surface area contributed by atoms with E-state index in [0.717, 1.165) is 5.56 Å². The predicted molar refractivity (Wildman–Crippen MR) is 102 cm³/mol. The maximum atomic E-state index is 12.9. The van der Waals surface area contributed by atoms with Crippen molar-refractivity contribution in [3.05, 3.63) is 65.7 Å². The highest BCUT2D eigenvalue weighted by molar-refractivity contribution is 7.92. The number of hydrogen-bond donors (Lipinski definition) is 0. The first-order chi connectivity index (χ1) is 12.8. The summed E-state index contributed by atoms with van der Waals surface area (Å²) in [5.74, 6) is -0.906. The van der Waals surface area contributed by atoms with Crippen molar-refractivity contribution < 1.29 is 22.7 Å². The highest BCUT2D eigenvalue weighted by Crippen LogP contribution is 2.18. The second kappa shape index (κ2) is 8.81. The fourth-order valence-corrected chi connectivity index (χ4v) is 3.53. The van der Waals surface area contributed by atoms with Gasteiger partial charge >= 0.3 is 5.97 Å². The highest BCUT2D eigenvalue weighted by Gasteiger charge is 2.22. The molecule has 27 heavy (non-hydrogen) atoms. The van der Waals surface area contributed by atoms with Crippen molar-refractivity contribution in [2.24, 2.45) is 0 Å². The van der Waals surface area contributed by atoms with E-state index in [1.54, 1.807) is 13.8 Å². The van der Waals surface area contributed by atoms with Crippen LogP contribution in [0.5, 0.6) is 0 Å². The number of ether oxygens (including phenoxy) is 1. The zero-order valence-electron chi connectivity index (χ0n) is 15.6. The van der Waals surface area contributed by atoms with Crippen molar-refractivity contribution in [2.45, 2.75) is 30.5 Å². The molecule has 0 N–H and O–H groups in total. The van der Waals surface area contributed by atoms with Gasteiger partial charge in [0.05, 0.1) is 17.3 Å². The van der Waals surface area contributed by atoms with Gasteiger partial charge in [-0.25, -0.2) is 8.42 Å². The number of carbonyl (C=O) groups is 2. The van der Waals surface area contributed by atoms with Crippen LogP contribution in [0.1, 0.15) is 29.8 Å². The molecule has 1 amide bonds. The molecule has 2 aromatic rings. The number of nitrogens with zero attached hydrogens (tertiary/aromatic N) is 1. The van der Waals surface area contributed by atoms with Crippen LogP contribution >= 0.6 is 0 Å². The minimum atomic E-state index is -3.41. The van der Waals surface area contributed by atoms with Gasteiger partial charge in [0.2, 0.25) is 0 Å². The average molecular weight is 389 g/mol. The Balaban J connectivity index is 2.27. The summed E-state index contributed by atoms with van der Waals surface area (Å²) in [6, 6.07) is 15.0. The van der Waals surface area contributed by atoms with Crippen molar-refractivity contribution in [3.63, 3.8) is 0 Å². The minimum absolute atomic E-state index is 0.164. The van der Waals surface area contributed by atoms with E-state index in [1.165, 1.54) is 36.3 Å². The van der Waals surface area contributed by atoms with Crippen molar-refractivity contribution in [1.82, 2.24) is 4.90 Å².